The molecule has 0 bridgehead atoms. The molecule has 0 fully saturated rings. The van der Waals surface area contributed by atoms with Crippen molar-refractivity contribution in [3.63, 3.8) is 0 Å². The zero-order valence-electron chi connectivity index (χ0n) is 12.1. The standard InChI is InChI=1S/C15H15N3S4/c1-19-15-17-16-13(22-15)9-18-6-4-11-10(5-8-21-11)14(18)12-3-2-7-20-12/h2-3,5,7-8,14H,4,6,9H2,1H3/t14-/m1/s1. The van der Waals surface area contributed by atoms with Crippen LogP contribution in [0.5, 0.6) is 0 Å². The van der Waals surface area contributed by atoms with Gasteiger partial charge in [-0.25, -0.2) is 0 Å². The van der Waals surface area contributed by atoms with Gasteiger partial charge in [-0.05, 0) is 41.1 Å². The van der Waals surface area contributed by atoms with Crippen LogP contribution in [0.3, 0.4) is 0 Å². The van der Waals surface area contributed by atoms with Crippen LogP contribution in [-0.4, -0.2) is 27.9 Å². The Kier molecular flexibility index (Phi) is 4.32. The molecule has 3 nitrogen and oxygen atoms in total. The van der Waals surface area contributed by atoms with Crippen molar-refractivity contribution < 1.29 is 0 Å². The van der Waals surface area contributed by atoms with E-state index in [1.54, 1.807) is 23.1 Å². The molecular formula is C15H15N3S4. The fraction of sp³-hybridized carbons (Fsp3) is 0.333. The summed E-state index contributed by atoms with van der Waals surface area (Å²) >= 11 is 7.12. The van der Waals surface area contributed by atoms with Gasteiger partial charge in [0, 0.05) is 16.3 Å². The molecule has 0 spiro atoms. The first-order chi connectivity index (χ1) is 10.8. The summed E-state index contributed by atoms with van der Waals surface area (Å²) in [6.45, 7) is 1.97. The van der Waals surface area contributed by atoms with Crippen LogP contribution in [-0.2, 0) is 13.0 Å². The van der Waals surface area contributed by atoms with E-state index in [4.69, 9.17) is 0 Å². The fourth-order valence-corrected chi connectivity index (χ4v) is 6.00. The van der Waals surface area contributed by atoms with Gasteiger partial charge in [-0.1, -0.05) is 29.2 Å². The Balaban J connectivity index is 1.66. The molecule has 3 aromatic rings. The highest BCUT2D eigenvalue weighted by atomic mass is 32.2. The number of hydrogen-bond acceptors (Lipinski definition) is 7. The van der Waals surface area contributed by atoms with Crippen molar-refractivity contribution in [2.24, 2.45) is 0 Å². The molecule has 1 aliphatic heterocycles. The van der Waals surface area contributed by atoms with Gasteiger partial charge < -0.3 is 0 Å². The predicted molar refractivity (Wildman–Crippen MR) is 96.3 cm³/mol. The number of thioether (sulfide) groups is 1. The van der Waals surface area contributed by atoms with Crippen LogP contribution in [0.4, 0.5) is 0 Å². The summed E-state index contributed by atoms with van der Waals surface area (Å²) in [5.74, 6) is 0. The average molecular weight is 366 g/mol. The van der Waals surface area contributed by atoms with E-state index in [0.29, 0.717) is 6.04 Å². The molecule has 114 valence electrons. The molecule has 22 heavy (non-hydrogen) atoms. The van der Waals surface area contributed by atoms with Gasteiger partial charge in [-0.2, -0.15) is 0 Å². The molecule has 0 unspecified atom stereocenters. The lowest BCUT2D eigenvalue weighted by molar-refractivity contribution is 0.208. The number of thiophene rings is 2. The molecule has 1 aliphatic rings. The van der Waals surface area contributed by atoms with Crippen molar-refractivity contribution in [3.05, 3.63) is 49.3 Å². The van der Waals surface area contributed by atoms with Crippen molar-refractivity contribution in [1.29, 1.82) is 0 Å². The van der Waals surface area contributed by atoms with E-state index in [1.165, 1.54) is 15.3 Å². The van der Waals surface area contributed by atoms with Crippen molar-refractivity contribution in [2.75, 3.05) is 12.8 Å². The monoisotopic (exact) mass is 365 g/mol. The Labute approximate surface area is 146 Å². The second kappa shape index (κ2) is 6.41. The third-order valence-corrected chi connectivity index (χ3v) is 7.64. The highest BCUT2D eigenvalue weighted by Gasteiger charge is 2.30. The summed E-state index contributed by atoms with van der Waals surface area (Å²) in [5.41, 5.74) is 1.48. The minimum atomic E-state index is 0.372. The van der Waals surface area contributed by atoms with Crippen molar-refractivity contribution >= 4 is 45.8 Å². The van der Waals surface area contributed by atoms with Crippen LogP contribution in [0.25, 0.3) is 0 Å². The van der Waals surface area contributed by atoms with Crippen LogP contribution in [0.2, 0.25) is 0 Å². The zero-order chi connectivity index (χ0) is 14.9. The zero-order valence-corrected chi connectivity index (χ0v) is 15.3. The van der Waals surface area contributed by atoms with E-state index in [9.17, 15) is 0 Å². The Morgan fingerprint density at radius 3 is 3.00 bits per heavy atom. The van der Waals surface area contributed by atoms with Gasteiger partial charge in [-0.3, -0.25) is 4.90 Å². The lowest BCUT2D eigenvalue weighted by Gasteiger charge is -2.34. The smallest absolute Gasteiger partial charge is 0.174 e. The summed E-state index contributed by atoms with van der Waals surface area (Å²) in [6.07, 6.45) is 3.19. The number of fused-ring (bicyclic) bond motifs is 1. The lowest BCUT2D eigenvalue weighted by Crippen LogP contribution is -2.34. The summed E-state index contributed by atoms with van der Waals surface area (Å²) in [7, 11) is 0. The molecule has 0 aliphatic carbocycles. The van der Waals surface area contributed by atoms with E-state index in [2.05, 4.69) is 50.3 Å². The summed E-state index contributed by atoms with van der Waals surface area (Å²) in [6, 6.07) is 7.07. The molecular weight excluding hydrogens is 350 g/mol. The topological polar surface area (TPSA) is 29.0 Å². The minimum absolute atomic E-state index is 0.372. The second-order valence-corrected chi connectivity index (χ2v) is 9.20. The minimum Gasteiger partial charge on any atom is -0.284 e. The van der Waals surface area contributed by atoms with Crippen LogP contribution < -0.4 is 0 Å². The molecule has 0 radical (unpaired) electrons. The number of hydrogen-bond donors (Lipinski definition) is 0. The summed E-state index contributed by atoms with van der Waals surface area (Å²) in [4.78, 5) is 5.51. The van der Waals surface area contributed by atoms with Crippen LogP contribution >= 0.6 is 45.8 Å². The maximum Gasteiger partial charge on any atom is 0.174 e. The molecule has 0 aromatic carbocycles. The van der Waals surface area contributed by atoms with E-state index < -0.39 is 0 Å². The van der Waals surface area contributed by atoms with E-state index in [-0.39, 0.29) is 0 Å². The Morgan fingerprint density at radius 1 is 1.27 bits per heavy atom. The SMILES string of the molecule is CSc1nnc(CN2CCc3sccc3[C@@H]2c2cccs2)s1. The van der Waals surface area contributed by atoms with Crippen molar-refractivity contribution in [3.8, 4) is 0 Å². The molecule has 0 saturated heterocycles. The molecule has 1 atom stereocenters. The second-order valence-electron chi connectivity index (χ2n) is 5.10. The van der Waals surface area contributed by atoms with E-state index in [1.807, 2.05) is 22.7 Å². The van der Waals surface area contributed by atoms with Gasteiger partial charge in [0.15, 0.2) is 4.34 Å². The van der Waals surface area contributed by atoms with Crippen molar-refractivity contribution in [1.82, 2.24) is 15.1 Å². The first-order valence-electron chi connectivity index (χ1n) is 7.05. The predicted octanol–water partition coefficient (Wildman–Crippen LogP) is 4.53. The molecule has 7 heteroatoms. The van der Waals surface area contributed by atoms with Gasteiger partial charge in [0.25, 0.3) is 0 Å². The van der Waals surface area contributed by atoms with Gasteiger partial charge in [0.1, 0.15) is 5.01 Å². The molecule has 3 aromatic heterocycles. The number of nitrogens with zero attached hydrogens (tertiary/aromatic N) is 3. The maximum absolute atomic E-state index is 4.35. The normalized spacial score (nSPS) is 18.5. The third kappa shape index (κ3) is 2.76. The lowest BCUT2D eigenvalue weighted by atomic mass is 9.98. The Bertz CT molecular complexity index is 747. The molecule has 0 amide bonds. The van der Waals surface area contributed by atoms with Crippen molar-refractivity contribution in [2.45, 2.75) is 23.3 Å². The maximum atomic E-state index is 4.35. The highest BCUT2D eigenvalue weighted by Crippen LogP contribution is 2.40. The fourth-order valence-electron chi connectivity index (χ4n) is 2.88. The first-order valence-corrected chi connectivity index (χ1v) is 10.9. The van der Waals surface area contributed by atoms with Gasteiger partial charge in [0.05, 0.1) is 12.6 Å². The van der Waals surface area contributed by atoms with Crippen LogP contribution in [0, 0.1) is 0 Å². The quantitative estimate of drug-likeness (QED) is 0.635. The average Bonchev–Trinajstić information content (AvgIpc) is 3.28. The Morgan fingerprint density at radius 2 is 2.23 bits per heavy atom. The molecule has 4 rings (SSSR count). The van der Waals surface area contributed by atoms with Gasteiger partial charge in [0.2, 0.25) is 0 Å². The molecule has 0 saturated carbocycles. The third-order valence-electron chi connectivity index (χ3n) is 3.84. The van der Waals surface area contributed by atoms with Crippen LogP contribution in [0.15, 0.2) is 33.3 Å². The summed E-state index contributed by atoms with van der Waals surface area (Å²) < 4.78 is 1.05. The number of aromatic nitrogens is 2. The van der Waals surface area contributed by atoms with Gasteiger partial charge in [-0.15, -0.1) is 32.9 Å². The largest absolute Gasteiger partial charge is 0.284 e. The van der Waals surface area contributed by atoms with Crippen LogP contribution in [0.1, 0.15) is 26.4 Å². The summed E-state index contributed by atoms with van der Waals surface area (Å²) in [5, 5.41) is 14.1. The first kappa shape index (κ1) is 14.8. The molecule has 4 heterocycles. The molecule has 0 N–H and O–H groups in total. The van der Waals surface area contributed by atoms with Gasteiger partial charge >= 0.3 is 0 Å². The van der Waals surface area contributed by atoms with E-state index in [0.717, 1.165) is 28.9 Å². The van der Waals surface area contributed by atoms with E-state index >= 15 is 0 Å². The Hall–Kier alpha value is -0.730. The number of rotatable bonds is 4. The highest BCUT2D eigenvalue weighted by molar-refractivity contribution is 8.00.